The molecule has 0 aliphatic carbocycles. The van der Waals surface area contributed by atoms with E-state index >= 15 is 0 Å². The quantitative estimate of drug-likeness (QED) is 0.458. The summed E-state index contributed by atoms with van der Waals surface area (Å²) < 4.78 is 0. The molecule has 1 atom stereocenters. The summed E-state index contributed by atoms with van der Waals surface area (Å²) in [7, 11) is 0. The fourth-order valence-electron chi connectivity index (χ4n) is 0.105. The van der Waals surface area contributed by atoms with Crippen molar-refractivity contribution in [2.75, 3.05) is 6.61 Å². The highest BCUT2D eigenvalue weighted by Gasteiger charge is 2.04. The minimum Gasteiger partial charge on any atom is -0.388 e. The Balaban J connectivity index is 3.35. The van der Waals surface area contributed by atoms with E-state index in [4.69, 9.17) is 10.2 Å². The Hall–Kier alpha value is -0.410. The molecule has 1 radical (unpaired) electrons. The highest BCUT2D eigenvalue weighted by molar-refractivity contribution is 5.84. The maximum absolute atomic E-state index is 9.95. The van der Waals surface area contributed by atoms with Crippen LogP contribution in [0.25, 0.3) is 0 Å². The summed E-state index contributed by atoms with van der Waals surface area (Å²) >= 11 is 0. The second-order valence-electron chi connectivity index (χ2n) is 1.14. The van der Waals surface area contributed by atoms with Crippen LogP contribution in [0.1, 0.15) is 0 Å². The highest BCUT2D eigenvalue weighted by Crippen LogP contribution is 1.77. The number of rotatable bonds is 2. The van der Waals surface area contributed by atoms with Crippen LogP contribution in [0.2, 0.25) is 0 Å². The molecular weight excluding hydrogens is 96.0 g/mol. The number of carbonyl (C=O) groups is 1. The molecule has 0 aromatic carbocycles. The molecule has 0 fully saturated rings. The molecule has 2 N–H and O–H groups in total. The summed E-state index contributed by atoms with van der Waals surface area (Å²) in [6.07, 6.45) is -1.27. The fraction of sp³-hybridized carbons (Fsp3) is 0.500. The van der Waals surface area contributed by atoms with Crippen molar-refractivity contribution in [3.8, 4) is 0 Å². The van der Waals surface area contributed by atoms with E-state index in [9.17, 15) is 4.79 Å². The molecule has 3 heteroatoms. The van der Waals surface area contributed by atoms with Crippen molar-refractivity contribution in [2.24, 2.45) is 0 Å². The number of aliphatic hydroxyl groups excluding tert-OH is 2. The molecule has 41 valence electrons. The van der Waals surface area contributed by atoms with Crippen molar-refractivity contribution in [3.05, 3.63) is 6.92 Å². The molecule has 0 heterocycles. The predicted molar refractivity (Wildman–Crippen MR) is 23.5 cm³/mol. The summed E-state index contributed by atoms with van der Waals surface area (Å²) in [4.78, 5) is 9.95. The Morgan fingerprint density at radius 1 is 1.86 bits per heavy atom. The normalized spacial score (nSPS) is 13.6. The van der Waals surface area contributed by atoms with Gasteiger partial charge in [0, 0.05) is 0 Å². The maximum atomic E-state index is 9.95. The molecule has 1 unspecified atom stereocenters. The van der Waals surface area contributed by atoms with Gasteiger partial charge in [-0.1, -0.05) is 0 Å². The second kappa shape index (κ2) is 2.71. The first-order chi connectivity index (χ1) is 3.18. The molecular formula is C4H7O3. The third-order valence-corrected chi connectivity index (χ3v) is 0.527. The van der Waals surface area contributed by atoms with E-state index in [1.165, 1.54) is 0 Å². The third-order valence-electron chi connectivity index (χ3n) is 0.527. The summed E-state index contributed by atoms with van der Waals surface area (Å²) in [6, 6.07) is 0. The van der Waals surface area contributed by atoms with Crippen LogP contribution in [0, 0.1) is 6.92 Å². The van der Waals surface area contributed by atoms with Gasteiger partial charge in [-0.3, -0.25) is 4.79 Å². The van der Waals surface area contributed by atoms with Gasteiger partial charge < -0.3 is 10.2 Å². The molecule has 0 amide bonds. The van der Waals surface area contributed by atoms with Crippen LogP contribution in [-0.2, 0) is 4.79 Å². The molecule has 0 rings (SSSR count). The number of carbonyl (C=O) groups excluding carboxylic acids is 1. The van der Waals surface area contributed by atoms with Crippen LogP contribution in [0.4, 0.5) is 0 Å². The van der Waals surface area contributed by atoms with Crippen LogP contribution in [0.15, 0.2) is 0 Å². The zero-order chi connectivity index (χ0) is 5.86. The molecule has 0 saturated heterocycles. The molecule has 0 saturated carbocycles. The van der Waals surface area contributed by atoms with Gasteiger partial charge in [0.25, 0.3) is 0 Å². The van der Waals surface area contributed by atoms with E-state index in [0.717, 1.165) is 0 Å². The molecule has 0 aliphatic heterocycles. The molecule has 0 bridgehead atoms. The minimum absolute atomic E-state index is 0.634. The van der Waals surface area contributed by atoms with Gasteiger partial charge in [-0.15, -0.1) is 0 Å². The standard InChI is InChI=1S/C4H7O3/c1-3(6)4(7)2-5/h3,5-6H,1-2H2. The van der Waals surface area contributed by atoms with Gasteiger partial charge in [0.05, 0.1) is 0 Å². The van der Waals surface area contributed by atoms with Crippen LogP contribution in [0.3, 0.4) is 0 Å². The van der Waals surface area contributed by atoms with E-state index < -0.39 is 18.5 Å². The first-order valence-electron chi connectivity index (χ1n) is 1.83. The van der Waals surface area contributed by atoms with Gasteiger partial charge >= 0.3 is 0 Å². The number of hydrogen-bond acceptors (Lipinski definition) is 3. The fourth-order valence-corrected chi connectivity index (χ4v) is 0.105. The SMILES string of the molecule is [CH2]C(O)C(=O)CO. The van der Waals surface area contributed by atoms with Crippen molar-refractivity contribution in [1.82, 2.24) is 0 Å². The van der Waals surface area contributed by atoms with Crippen molar-refractivity contribution in [3.63, 3.8) is 0 Å². The Morgan fingerprint density at radius 3 is 2.29 bits per heavy atom. The first kappa shape index (κ1) is 6.59. The predicted octanol–water partition coefficient (Wildman–Crippen LogP) is -1.26. The minimum atomic E-state index is -1.27. The van der Waals surface area contributed by atoms with E-state index in [1.807, 2.05) is 0 Å². The molecule has 0 aliphatic rings. The Labute approximate surface area is 41.6 Å². The van der Waals surface area contributed by atoms with E-state index in [0.29, 0.717) is 0 Å². The van der Waals surface area contributed by atoms with Gasteiger partial charge in [0.2, 0.25) is 0 Å². The smallest absolute Gasteiger partial charge is 0.186 e. The largest absolute Gasteiger partial charge is 0.388 e. The van der Waals surface area contributed by atoms with E-state index in [-0.39, 0.29) is 0 Å². The topological polar surface area (TPSA) is 57.5 Å². The summed E-state index contributed by atoms with van der Waals surface area (Å²) in [6.45, 7) is 2.32. The van der Waals surface area contributed by atoms with Crippen LogP contribution < -0.4 is 0 Å². The zero-order valence-electron chi connectivity index (χ0n) is 3.79. The lowest BCUT2D eigenvalue weighted by Gasteiger charge is -1.94. The maximum Gasteiger partial charge on any atom is 0.186 e. The van der Waals surface area contributed by atoms with Crippen LogP contribution >= 0.6 is 0 Å². The lowest BCUT2D eigenvalue weighted by Crippen LogP contribution is -2.19. The van der Waals surface area contributed by atoms with Crippen molar-refractivity contribution in [1.29, 1.82) is 0 Å². The van der Waals surface area contributed by atoms with Gasteiger partial charge in [0.1, 0.15) is 12.7 Å². The van der Waals surface area contributed by atoms with Crippen molar-refractivity contribution >= 4 is 5.78 Å². The lowest BCUT2D eigenvalue weighted by molar-refractivity contribution is -0.127. The number of aliphatic hydroxyl groups is 2. The number of hydrogen-bond donors (Lipinski definition) is 2. The van der Waals surface area contributed by atoms with Gasteiger partial charge in [-0.2, -0.15) is 0 Å². The average molecular weight is 103 g/mol. The molecule has 0 aromatic heterocycles. The van der Waals surface area contributed by atoms with Crippen LogP contribution in [-0.4, -0.2) is 28.7 Å². The van der Waals surface area contributed by atoms with Crippen LogP contribution in [0.5, 0.6) is 0 Å². The monoisotopic (exact) mass is 103 g/mol. The first-order valence-corrected chi connectivity index (χ1v) is 1.83. The van der Waals surface area contributed by atoms with Crippen molar-refractivity contribution in [2.45, 2.75) is 6.10 Å². The second-order valence-corrected chi connectivity index (χ2v) is 1.14. The average Bonchev–Trinajstić information content (AvgIpc) is 1.65. The molecule has 0 aromatic rings. The Kier molecular flexibility index (Phi) is 2.55. The summed E-state index contributed by atoms with van der Waals surface area (Å²) in [5.74, 6) is -0.653. The van der Waals surface area contributed by atoms with Gasteiger partial charge in [-0.05, 0) is 6.92 Å². The summed E-state index contributed by atoms with van der Waals surface area (Å²) in [5.41, 5.74) is 0. The lowest BCUT2D eigenvalue weighted by atomic mass is 10.3. The highest BCUT2D eigenvalue weighted by atomic mass is 16.3. The zero-order valence-corrected chi connectivity index (χ0v) is 3.79. The molecule has 3 nitrogen and oxygen atoms in total. The molecule has 0 spiro atoms. The van der Waals surface area contributed by atoms with Gasteiger partial charge in [0.15, 0.2) is 5.78 Å². The summed E-state index contributed by atoms with van der Waals surface area (Å²) in [5, 5.41) is 16.2. The molecule has 7 heavy (non-hydrogen) atoms. The third kappa shape index (κ3) is 2.31. The van der Waals surface area contributed by atoms with E-state index in [1.54, 1.807) is 0 Å². The number of ketones is 1. The van der Waals surface area contributed by atoms with E-state index in [2.05, 4.69) is 6.92 Å². The Morgan fingerprint density at radius 2 is 2.29 bits per heavy atom. The number of Topliss-reactive ketones (excluding diaryl/α,β-unsaturated/α-hetero) is 1. The van der Waals surface area contributed by atoms with Crippen molar-refractivity contribution < 1.29 is 15.0 Å². The Bertz CT molecular complexity index is 67.3. The van der Waals surface area contributed by atoms with Gasteiger partial charge in [-0.25, -0.2) is 0 Å².